The lowest BCUT2D eigenvalue weighted by Gasteiger charge is -2.30. The van der Waals surface area contributed by atoms with Crippen LogP contribution in [0.5, 0.6) is 5.75 Å². The molecule has 1 N–H and O–H groups in total. The van der Waals surface area contributed by atoms with Crippen LogP contribution in [0.1, 0.15) is 12.5 Å². The van der Waals surface area contributed by atoms with Gasteiger partial charge in [-0.2, -0.15) is 4.31 Å². The van der Waals surface area contributed by atoms with E-state index in [0.29, 0.717) is 5.75 Å². The lowest BCUT2D eigenvalue weighted by Crippen LogP contribution is -2.50. The third kappa shape index (κ3) is 5.55. The molecule has 0 heterocycles. The first-order valence-corrected chi connectivity index (χ1v) is 12.2. The molecular formula is C25H29N3O5S. The van der Waals surface area contributed by atoms with Gasteiger partial charge in [0.25, 0.3) is 0 Å². The summed E-state index contributed by atoms with van der Waals surface area (Å²) in [7, 11) is 0.487. The van der Waals surface area contributed by atoms with Crippen LogP contribution in [-0.2, 0) is 26.2 Å². The van der Waals surface area contributed by atoms with Crippen molar-refractivity contribution in [2.45, 2.75) is 24.4 Å². The third-order valence-corrected chi connectivity index (χ3v) is 7.51. The van der Waals surface area contributed by atoms with Gasteiger partial charge in [0.15, 0.2) is 0 Å². The zero-order valence-corrected chi connectivity index (χ0v) is 20.5. The first kappa shape index (κ1) is 25.2. The topological polar surface area (TPSA) is 96.0 Å². The molecule has 2 amide bonds. The van der Waals surface area contributed by atoms with E-state index in [0.717, 1.165) is 20.6 Å². The van der Waals surface area contributed by atoms with Crippen LogP contribution in [-0.4, -0.2) is 63.2 Å². The van der Waals surface area contributed by atoms with Crippen LogP contribution < -0.4 is 10.1 Å². The molecule has 0 aromatic heterocycles. The molecule has 0 fully saturated rings. The summed E-state index contributed by atoms with van der Waals surface area (Å²) in [5, 5.41) is 4.26. The van der Waals surface area contributed by atoms with Gasteiger partial charge in [0, 0.05) is 20.6 Å². The molecular weight excluding hydrogens is 454 g/mol. The van der Waals surface area contributed by atoms with E-state index in [1.807, 2.05) is 24.3 Å². The van der Waals surface area contributed by atoms with E-state index in [9.17, 15) is 18.0 Å². The van der Waals surface area contributed by atoms with Gasteiger partial charge in [-0.15, -0.1) is 0 Å². The molecule has 180 valence electrons. The SMILES string of the molecule is CNC(=O)C(C)N(Cc1ccc(OC)cc1)C(=O)CN(C)S(=O)(=O)c1ccc2ccccc2c1. The van der Waals surface area contributed by atoms with E-state index in [1.165, 1.54) is 25.1 Å². The fourth-order valence-electron chi connectivity index (χ4n) is 3.59. The number of methoxy groups -OCH3 is 1. The maximum atomic E-state index is 13.2. The number of nitrogens with one attached hydrogen (secondary N) is 1. The highest BCUT2D eigenvalue weighted by molar-refractivity contribution is 7.89. The highest BCUT2D eigenvalue weighted by atomic mass is 32.2. The molecule has 0 saturated carbocycles. The number of rotatable bonds is 9. The normalized spacial score (nSPS) is 12.4. The maximum Gasteiger partial charge on any atom is 0.243 e. The number of nitrogens with zero attached hydrogens (tertiary/aromatic N) is 2. The molecule has 0 spiro atoms. The standard InChI is InChI=1S/C25H29N3O5S/c1-18(25(30)26-2)28(16-19-9-12-22(33-4)13-10-19)24(29)17-27(3)34(31,32)23-14-11-20-7-5-6-8-21(20)15-23/h5-15,18H,16-17H2,1-4H3,(H,26,30). The summed E-state index contributed by atoms with van der Waals surface area (Å²) in [5.74, 6) is -0.164. The molecule has 3 aromatic rings. The number of likely N-dealkylation sites (N-methyl/N-ethyl adjacent to an activating group) is 2. The van der Waals surface area contributed by atoms with Crippen LogP contribution >= 0.6 is 0 Å². The van der Waals surface area contributed by atoms with Gasteiger partial charge >= 0.3 is 0 Å². The Labute approximate surface area is 200 Å². The minimum Gasteiger partial charge on any atom is -0.497 e. The van der Waals surface area contributed by atoms with Crippen molar-refractivity contribution in [3.8, 4) is 5.75 Å². The Morgan fingerprint density at radius 2 is 1.65 bits per heavy atom. The molecule has 0 saturated heterocycles. The average molecular weight is 484 g/mol. The van der Waals surface area contributed by atoms with Gasteiger partial charge in [0.2, 0.25) is 21.8 Å². The van der Waals surface area contributed by atoms with Crippen LogP contribution in [0.3, 0.4) is 0 Å². The predicted molar refractivity (Wildman–Crippen MR) is 131 cm³/mol. The van der Waals surface area contributed by atoms with E-state index in [1.54, 1.807) is 50.4 Å². The summed E-state index contributed by atoms with van der Waals surface area (Å²) < 4.78 is 32.5. The molecule has 1 unspecified atom stereocenters. The van der Waals surface area contributed by atoms with Crippen molar-refractivity contribution in [1.29, 1.82) is 0 Å². The highest BCUT2D eigenvalue weighted by Gasteiger charge is 2.30. The highest BCUT2D eigenvalue weighted by Crippen LogP contribution is 2.22. The summed E-state index contributed by atoms with van der Waals surface area (Å²) in [6.45, 7) is 1.34. The van der Waals surface area contributed by atoms with Crippen molar-refractivity contribution >= 4 is 32.6 Å². The Hall–Kier alpha value is -3.43. The summed E-state index contributed by atoms with van der Waals surface area (Å²) in [4.78, 5) is 27.0. The first-order valence-electron chi connectivity index (χ1n) is 10.8. The molecule has 3 aromatic carbocycles. The fourth-order valence-corrected chi connectivity index (χ4v) is 4.75. The Morgan fingerprint density at radius 3 is 2.26 bits per heavy atom. The van der Waals surface area contributed by atoms with Crippen molar-refractivity contribution in [1.82, 2.24) is 14.5 Å². The van der Waals surface area contributed by atoms with Gasteiger partial charge in [-0.25, -0.2) is 8.42 Å². The number of amides is 2. The van der Waals surface area contributed by atoms with Crippen molar-refractivity contribution in [3.63, 3.8) is 0 Å². The van der Waals surface area contributed by atoms with Gasteiger partial charge in [0.1, 0.15) is 11.8 Å². The number of hydrogen-bond acceptors (Lipinski definition) is 5. The van der Waals surface area contributed by atoms with Crippen molar-refractivity contribution in [2.24, 2.45) is 0 Å². The number of carbonyl (C=O) groups is 2. The van der Waals surface area contributed by atoms with Gasteiger partial charge in [-0.05, 0) is 47.5 Å². The summed E-state index contributed by atoms with van der Waals surface area (Å²) >= 11 is 0. The number of ether oxygens (including phenoxy) is 1. The lowest BCUT2D eigenvalue weighted by molar-refractivity contribution is -0.140. The molecule has 8 nitrogen and oxygen atoms in total. The van der Waals surface area contributed by atoms with E-state index >= 15 is 0 Å². The minimum absolute atomic E-state index is 0.0996. The molecule has 0 bridgehead atoms. The molecule has 0 aliphatic heterocycles. The van der Waals surface area contributed by atoms with Crippen LogP contribution in [0, 0.1) is 0 Å². The minimum atomic E-state index is -3.92. The number of hydrogen-bond donors (Lipinski definition) is 1. The zero-order valence-electron chi connectivity index (χ0n) is 19.7. The number of sulfonamides is 1. The first-order chi connectivity index (χ1) is 16.2. The van der Waals surface area contributed by atoms with Gasteiger partial charge in [0.05, 0.1) is 18.6 Å². The van der Waals surface area contributed by atoms with Gasteiger partial charge in [-0.1, -0.05) is 42.5 Å². The Kier molecular flexibility index (Phi) is 7.90. The van der Waals surface area contributed by atoms with Gasteiger partial charge in [-0.3, -0.25) is 9.59 Å². The summed E-state index contributed by atoms with van der Waals surface area (Å²) in [6, 6.07) is 18.6. The smallest absolute Gasteiger partial charge is 0.243 e. The monoisotopic (exact) mass is 483 g/mol. The van der Waals surface area contributed by atoms with Crippen LogP contribution in [0.2, 0.25) is 0 Å². The second-order valence-electron chi connectivity index (χ2n) is 7.93. The maximum absolute atomic E-state index is 13.2. The quantitative estimate of drug-likeness (QED) is 0.505. The number of fused-ring (bicyclic) bond motifs is 1. The molecule has 1 atom stereocenters. The summed E-state index contributed by atoms with van der Waals surface area (Å²) in [5.41, 5.74) is 0.782. The van der Waals surface area contributed by atoms with E-state index < -0.39 is 28.5 Å². The van der Waals surface area contributed by atoms with Crippen LogP contribution in [0.15, 0.2) is 71.6 Å². The van der Waals surface area contributed by atoms with E-state index in [2.05, 4.69) is 5.32 Å². The van der Waals surface area contributed by atoms with Crippen LogP contribution in [0.4, 0.5) is 0 Å². The van der Waals surface area contributed by atoms with E-state index in [-0.39, 0.29) is 17.3 Å². The number of carbonyl (C=O) groups excluding carboxylic acids is 2. The Balaban J connectivity index is 1.83. The molecule has 0 radical (unpaired) electrons. The second-order valence-corrected chi connectivity index (χ2v) is 9.97. The Morgan fingerprint density at radius 1 is 1.00 bits per heavy atom. The number of benzene rings is 3. The molecule has 3 rings (SSSR count). The Bertz CT molecular complexity index is 1280. The van der Waals surface area contributed by atoms with Gasteiger partial charge < -0.3 is 15.0 Å². The second kappa shape index (κ2) is 10.7. The lowest BCUT2D eigenvalue weighted by atomic mass is 10.1. The van der Waals surface area contributed by atoms with E-state index in [4.69, 9.17) is 4.74 Å². The summed E-state index contributed by atoms with van der Waals surface area (Å²) in [6.07, 6.45) is 0. The molecule has 34 heavy (non-hydrogen) atoms. The molecule has 0 aliphatic carbocycles. The van der Waals surface area contributed by atoms with Crippen molar-refractivity contribution in [3.05, 3.63) is 72.3 Å². The average Bonchev–Trinajstić information content (AvgIpc) is 2.86. The fraction of sp³-hybridized carbons (Fsp3) is 0.280. The predicted octanol–water partition coefficient (Wildman–Crippen LogP) is 2.63. The molecule has 0 aliphatic rings. The third-order valence-electron chi connectivity index (χ3n) is 5.71. The van der Waals surface area contributed by atoms with Crippen LogP contribution in [0.25, 0.3) is 10.8 Å². The zero-order chi connectivity index (χ0) is 24.9. The van der Waals surface area contributed by atoms with Crippen molar-refractivity contribution in [2.75, 3.05) is 27.7 Å². The molecule has 9 heteroatoms. The largest absolute Gasteiger partial charge is 0.497 e. The van der Waals surface area contributed by atoms with Crippen molar-refractivity contribution < 1.29 is 22.7 Å².